The van der Waals surface area contributed by atoms with Crippen molar-refractivity contribution in [2.75, 3.05) is 0 Å². The van der Waals surface area contributed by atoms with Gasteiger partial charge in [-0.3, -0.25) is 9.97 Å². The highest BCUT2D eigenvalue weighted by Gasteiger charge is 2.31. The van der Waals surface area contributed by atoms with Gasteiger partial charge in [0.1, 0.15) is 0 Å². The molecule has 28 heavy (non-hydrogen) atoms. The molecule has 1 atom stereocenters. The lowest BCUT2D eigenvalue weighted by atomic mass is 10.4. The third-order valence-electron chi connectivity index (χ3n) is 4.61. The van der Waals surface area contributed by atoms with Gasteiger partial charge in [0, 0.05) is 25.7 Å². The van der Waals surface area contributed by atoms with Crippen LogP contribution in [0.15, 0.2) is 109 Å². The van der Waals surface area contributed by atoms with E-state index in [-0.39, 0.29) is 0 Å². The highest BCUT2D eigenvalue weighted by Crippen LogP contribution is 2.55. The molecule has 0 saturated heterocycles. The predicted octanol–water partition coefficient (Wildman–Crippen LogP) is 4.39. The van der Waals surface area contributed by atoms with Gasteiger partial charge in [-0.05, 0) is 42.8 Å². The van der Waals surface area contributed by atoms with Gasteiger partial charge in [-0.15, -0.1) is 0 Å². The fourth-order valence-electron chi connectivity index (χ4n) is 3.37. The molecule has 1 unspecified atom stereocenters. The van der Waals surface area contributed by atoms with Crippen LogP contribution in [-0.4, -0.2) is 15.4 Å². The Hall–Kier alpha value is -2.40. The number of nitrogens with zero attached hydrogens (tertiary/aromatic N) is 2. The van der Waals surface area contributed by atoms with Crippen LogP contribution in [0.3, 0.4) is 0 Å². The van der Waals surface area contributed by atoms with Gasteiger partial charge in [0.05, 0.1) is 10.9 Å². The van der Waals surface area contributed by atoms with E-state index in [0.29, 0.717) is 5.40 Å². The predicted molar refractivity (Wildman–Crippen MR) is 123 cm³/mol. The van der Waals surface area contributed by atoms with Crippen LogP contribution in [0, 0.1) is 0 Å². The Morgan fingerprint density at radius 3 is 1.36 bits per heavy atom. The first-order valence-electron chi connectivity index (χ1n) is 9.35. The van der Waals surface area contributed by atoms with Crippen LogP contribution in [0.5, 0.6) is 0 Å². The number of hydrogen-bond acceptors (Lipinski definition) is 2. The summed E-state index contributed by atoms with van der Waals surface area (Å²) in [6.45, 7) is 2.38. The standard InChI is InChI=1S/C24H22N2P2/c1-20(27(21-12-4-2-5-13-21)22-14-6-3-7-15-22)28(23-16-8-10-18-25-23)24-17-9-11-19-26-24/h2-20H,1H3. The number of rotatable bonds is 6. The Labute approximate surface area is 169 Å². The number of aromatic nitrogens is 2. The van der Waals surface area contributed by atoms with Crippen molar-refractivity contribution in [3.8, 4) is 0 Å². The minimum Gasteiger partial charge on any atom is -0.256 e. The fraction of sp³-hybridized carbons (Fsp3) is 0.0833. The van der Waals surface area contributed by atoms with E-state index in [4.69, 9.17) is 9.97 Å². The van der Waals surface area contributed by atoms with Crippen molar-refractivity contribution in [3.63, 3.8) is 0 Å². The zero-order valence-electron chi connectivity index (χ0n) is 15.8. The van der Waals surface area contributed by atoms with E-state index in [9.17, 15) is 0 Å². The van der Waals surface area contributed by atoms with Gasteiger partial charge in [0.2, 0.25) is 0 Å². The second-order valence-electron chi connectivity index (χ2n) is 6.42. The molecule has 0 aliphatic carbocycles. The molecule has 138 valence electrons. The van der Waals surface area contributed by atoms with Crippen LogP contribution in [0.1, 0.15) is 6.92 Å². The summed E-state index contributed by atoms with van der Waals surface area (Å²) < 4.78 is 0. The largest absolute Gasteiger partial charge is 0.256 e. The van der Waals surface area contributed by atoms with Crippen LogP contribution >= 0.6 is 15.8 Å². The molecular weight excluding hydrogens is 378 g/mol. The molecule has 0 amide bonds. The van der Waals surface area contributed by atoms with Crippen molar-refractivity contribution in [1.29, 1.82) is 0 Å². The summed E-state index contributed by atoms with van der Waals surface area (Å²) in [4.78, 5) is 9.49. The highest BCUT2D eigenvalue weighted by molar-refractivity contribution is 7.89. The Balaban J connectivity index is 1.84. The maximum absolute atomic E-state index is 4.75. The lowest BCUT2D eigenvalue weighted by Crippen LogP contribution is -2.27. The molecule has 4 rings (SSSR count). The SMILES string of the molecule is CC(P(c1ccccc1)c1ccccc1)P(c1ccccn1)c1ccccn1. The number of benzene rings is 2. The lowest BCUT2D eigenvalue weighted by molar-refractivity contribution is 1.32. The number of pyridine rings is 2. The summed E-state index contributed by atoms with van der Waals surface area (Å²) in [7, 11) is -1.24. The van der Waals surface area contributed by atoms with Crippen molar-refractivity contribution in [2.45, 2.75) is 12.3 Å². The van der Waals surface area contributed by atoms with Gasteiger partial charge in [0.25, 0.3) is 0 Å². The molecule has 2 aromatic carbocycles. The van der Waals surface area contributed by atoms with Gasteiger partial charge in [-0.2, -0.15) is 0 Å². The van der Waals surface area contributed by atoms with E-state index in [0.717, 1.165) is 10.9 Å². The topological polar surface area (TPSA) is 25.8 Å². The molecule has 0 N–H and O–H groups in total. The van der Waals surface area contributed by atoms with Gasteiger partial charge >= 0.3 is 0 Å². The molecule has 0 saturated carbocycles. The maximum atomic E-state index is 4.75. The summed E-state index contributed by atoms with van der Waals surface area (Å²) >= 11 is 0. The Morgan fingerprint density at radius 1 is 0.536 bits per heavy atom. The summed E-state index contributed by atoms with van der Waals surface area (Å²) in [5.41, 5.74) is 2.28. The van der Waals surface area contributed by atoms with Crippen molar-refractivity contribution >= 4 is 37.3 Å². The summed E-state index contributed by atoms with van der Waals surface area (Å²) in [5, 5.41) is 3.20. The van der Waals surface area contributed by atoms with Crippen molar-refractivity contribution in [2.24, 2.45) is 0 Å². The fourth-order valence-corrected chi connectivity index (χ4v) is 9.82. The molecule has 2 heterocycles. The third-order valence-corrected chi connectivity index (χ3v) is 10.7. The van der Waals surface area contributed by atoms with E-state index in [1.54, 1.807) is 0 Å². The van der Waals surface area contributed by atoms with Crippen LogP contribution in [-0.2, 0) is 0 Å². The average molecular weight is 400 g/mol. The zero-order chi connectivity index (χ0) is 19.2. The van der Waals surface area contributed by atoms with E-state index in [1.165, 1.54) is 10.6 Å². The summed E-state index contributed by atoms with van der Waals surface area (Å²) in [6, 6.07) is 34.2. The molecule has 2 aromatic heterocycles. The molecule has 0 bridgehead atoms. The van der Waals surface area contributed by atoms with Gasteiger partial charge < -0.3 is 0 Å². The quantitative estimate of drug-likeness (QED) is 0.449. The zero-order valence-corrected chi connectivity index (χ0v) is 17.5. The Morgan fingerprint density at radius 2 is 0.964 bits per heavy atom. The minimum atomic E-state index is -0.692. The summed E-state index contributed by atoms with van der Waals surface area (Å²) in [5.74, 6) is 0. The third kappa shape index (κ3) is 4.20. The Bertz CT molecular complexity index is 818. The average Bonchev–Trinajstić information content (AvgIpc) is 2.77. The first-order valence-corrected chi connectivity index (χ1v) is 12.2. The van der Waals surface area contributed by atoms with Crippen LogP contribution in [0.2, 0.25) is 0 Å². The second kappa shape index (κ2) is 9.20. The smallest absolute Gasteiger partial charge is 0.0698 e. The minimum absolute atomic E-state index is 0.402. The second-order valence-corrected chi connectivity index (χ2v) is 11.8. The van der Waals surface area contributed by atoms with E-state index in [1.807, 2.05) is 24.5 Å². The van der Waals surface area contributed by atoms with Crippen molar-refractivity contribution < 1.29 is 0 Å². The first kappa shape index (κ1) is 18.9. The highest BCUT2D eigenvalue weighted by atomic mass is 31.2. The molecule has 0 spiro atoms. The molecule has 4 aromatic rings. The van der Waals surface area contributed by atoms with Gasteiger partial charge in [0.15, 0.2) is 0 Å². The molecule has 0 aliphatic heterocycles. The van der Waals surface area contributed by atoms with Crippen LogP contribution in [0.25, 0.3) is 0 Å². The maximum Gasteiger partial charge on any atom is 0.0698 e. The molecule has 2 nitrogen and oxygen atoms in total. The van der Waals surface area contributed by atoms with Crippen molar-refractivity contribution in [3.05, 3.63) is 109 Å². The molecule has 0 radical (unpaired) electrons. The Kier molecular flexibility index (Phi) is 6.22. The molecule has 0 aliphatic rings. The summed E-state index contributed by atoms with van der Waals surface area (Å²) in [6.07, 6.45) is 3.79. The monoisotopic (exact) mass is 400 g/mol. The molecule has 4 heteroatoms. The van der Waals surface area contributed by atoms with E-state index in [2.05, 4.69) is 91.9 Å². The molecule has 0 fully saturated rings. The normalized spacial score (nSPS) is 12.2. The van der Waals surface area contributed by atoms with Crippen molar-refractivity contribution in [1.82, 2.24) is 9.97 Å². The van der Waals surface area contributed by atoms with Gasteiger partial charge in [-0.25, -0.2) is 0 Å². The molecular formula is C24H22N2P2. The first-order chi connectivity index (χ1) is 13.8. The van der Waals surface area contributed by atoms with Crippen LogP contribution in [0.4, 0.5) is 0 Å². The van der Waals surface area contributed by atoms with E-state index < -0.39 is 15.8 Å². The van der Waals surface area contributed by atoms with E-state index >= 15 is 0 Å². The van der Waals surface area contributed by atoms with Crippen LogP contribution < -0.4 is 21.5 Å². The lowest BCUT2D eigenvalue weighted by Gasteiger charge is -2.32. The number of hydrogen-bond donors (Lipinski definition) is 0. The van der Waals surface area contributed by atoms with Gasteiger partial charge in [-0.1, -0.05) is 79.7 Å².